The highest BCUT2D eigenvalue weighted by Gasteiger charge is 2.16. The van der Waals surface area contributed by atoms with Gasteiger partial charge in [0.05, 0.1) is 11.6 Å². The Morgan fingerprint density at radius 2 is 2.10 bits per heavy atom. The monoisotopic (exact) mass is 319 g/mol. The molecule has 0 bridgehead atoms. The van der Waals surface area contributed by atoms with Crippen LogP contribution in [0.5, 0.6) is 0 Å². The minimum absolute atomic E-state index is 0.0345. The van der Waals surface area contributed by atoms with Crippen LogP contribution in [0.4, 0.5) is 4.79 Å². The third-order valence-corrected chi connectivity index (χ3v) is 3.19. The van der Waals surface area contributed by atoms with Crippen molar-refractivity contribution < 1.29 is 19.6 Å². The first kappa shape index (κ1) is 16.8. The molecule has 20 heavy (non-hydrogen) atoms. The van der Waals surface area contributed by atoms with Crippen molar-refractivity contribution in [3.05, 3.63) is 33.8 Å². The summed E-state index contributed by atoms with van der Waals surface area (Å²) >= 11 is 11.9. The number of carbonyl (C=O) groups excluding carboxylic acids is 2. The number of nitrogens with two attached hydrogens (primary N) is 1. The number of hydrogen-bond donors (Lipinski definition) is 2. The van der Waals surface area contributed by atoms with Crippen LogP contribution in [0.25, 0.3) is 0 Å². The zero-order valence-electron chi connectivity index (χ0n) is 11.3. The second-order valence-electron chi connectivity index (χ2n) is 4.16. The SMILES string of the molecule is CCOC(=O)NC(=O)C[NH2+][C@@H](C)c1ccc(Cl)cc1Cl. The Kier molecular flexibility index (Phi) is 6.78. The van der Waals surface area contributed by atoms with E-state index in [4.69, 9.17) is 23.2 Å². The van der Waals surface area contributed by atoms with Crippen molar-refractivity contribution in [3.63, 3.8) is 0 Å². The van der Waals surface area contributed by atoms with Gasteiger partial charge in [-0.3, -0.25) is 10.1 Å². The predicted octanol–water partition coefficient (Wildman–Crippen LogP) is 1.89. The minimum atomic E-state index is -0.733. The van der Waals surface area contributed by atoms with Crippen LogP contribution in [0.15, 0.2) is 18.2 Å². The van der Waals surface area contributed by atoms with Gasteiger partial charge in [0.25, 0.3) is 5.91 Å². The average Bonchev–Trinajstić information content (AvgIpc) is 2.36. The fourth-order valence-corrected chi connectivity index (χ4v) is 2.19. The largest absolute Gasteiger partial charge is 0.450 e. The fourth-order valence-electron chi connectivity index (χ4n) is 1.61. The van der Waals surface area contributed by atoms with Crippen LogP contribution in [0.2, 0.25) is 10.0 Å². The molecule has 0 aliphatic heterocycles. The number of amides is 2. The third kappa shape index (κ3) is 5.36. The van der Waals surface area contributed by atoms with Crippen molar-refractivity contribution in [2.75, 3.05) is 13.2 Å². The molecule has 0 heterocycles. The lowest BCUT2D eigenvalue weighted by Gasteiger charge is -2.12. The molecule has 1 rings (SSSR count). The summed E-state index contributed by atoms with van der Waals surface area (Å²) in [7, 11) is 0. The van der Waals surface area contributed by atoms with E-state index in [-0.39, 0.29) is 19.2 Å². The maximum Gasteiger partial charge on any atom is 0.414 e. The average molecular weight is 320 g/mol. The van der Waals surface area contributed by atoms with Crippen LogP contribution in [-0.2, 0) is 9.53 Å². The summed E-state index contributed by atoms with van der Waals surface area (Å²) in [6.45, 7) is 3.89. The molecule has 7 heteroatoms. The summed E-state index contributed by atoms with van der Waals surface area (Å²) in [6.07, 6.45) is -0.733. The molecule has 0 saturated carbocycles. The summed E-state index contributed by atoms with van der Waals surface area (Å²) in [5, 5.41) is 5.00. The highest BCUT2D eigenvalue weighted by Crippen LogP contribution is 2.24. The van der Waals surface area contributed by atoms with Crippen LogP contribution in [0.3, 0.4) is 0 Å². The van der Waals surface area contributed by atoms with Gasteiger partial charge in [0, 0.05) is 10.6 Å². The molecule has 0 spiro atoms. The normalized spacial score (nSPS) is 11.8. The summed E-state index contributed by atoms with van der Waals surface area (Å²) in [4.78, 5) is 22.6. The molecule has 0 fully saturated rings. The van der Waals surface area contributed by atoms with Gasteiger partial charge in [-0.25, -0.2) is 4.79 Å². The maximum atomic E-state index is 11.5. The number of alkyl carbamates (subject to hydrolysis) is 1. The summed E-state index contributed by atoms with van der Waals surface area (Å²) in [5.74, 6) is -0.416. The quantitative estimate of drug-likeness (QED) is 0.870. The number of benzene rings is 1. The van der Waals surface area contributed by atoms with Gasteiger partial charge in [-0.05, 0) is 26.0 Å². The zero-order chi connectivity index (χ0) is 15.1. The van der Waals surface area contributed by atoms with Crippen molar-refractivity contribution in [1.82, 2.24) is 5.32 Å². The number of nitrogens with one attached hydrogen (secondary N) is 1. The van der Waals surface area contributed by atoms with Gasteiger partial charge in [-0.15, -0.1) is 0 Å². The molecule has 0 unspecified atom stereocenters. The van der Waals surface area contributed by atoms with Crippen molar-refractivity contribution >= 4 is 35.2 Å². The van der Waals surface area contributed by atoms with Crippen LogP contribution in [0.1, 0.15) is 25.5 Å². The molecule has 0 saturated heterocycles. The molecule has 0 aliphatic rings. The van der Waals surface area contributed by atoms with Crippen molar-refractivity contribution in [2.45, 2.75) is 19.9 Å². The molecule has 1 aromatic carbocycles. The Labute approximate surface area is 127 Å². The minimum Gasteiger partial charge on any atom is -0.450 e. The van der Waals surface area contributed by atoms with Gasteiger partial charge in [-0.1, -0.05) is 29.3 Å². The molecule has 1 atom stereocenters. The molecule has 110 valence electrons. The van der Waals surface area contributed by atoms with Crippen LogP contribution in [-0.4, -0.2) is 25.2 Å². The summed E-state index contributed by atoms with van der Waals surface area (Å²) in [6, 6.07) is 5.18. The summed E-state index contributed by atoms with van der Waals surface area (Å²) in [5.41, 5.74) is 0.875. The van der Waals surface area contributed by atoms with E-state index in [2.05, 4.69) is 10.1 Å². The molecular formula is C13H17Cl2N2O3+. The van der Waals surface area contributed by atoms with Gasteiger partial charge in [-0.2, -0.15) is 0 Å². The zero-order valence-corrected chi connectivity index (χ0v) is 12.8. The fraction of sp³-hybridized carbons (Fsp3) is 0.385. The van der Waals surface area contributed by atoms with Crippen LogP contribution >= 0.6 is 23.2 Å². The number of carbonyl (C=O) groups is 2. The molecule has 5 nitrogen and oxygen atoms in total. The van der Waals surface area contributed by atoms with E-state index in [1.165, 1.54) is 0 Å². The van der Waals surface area contributed by atoms with Crippen LogP contribution in [0, 0.1) is 0 Å². The van der Waals surface area contributed by atoms with Gasteiger partial charge in [0.15, 0.2) is 6.54 Å². The number of quaternary nitrogens is 1. The lowest BCUT2D eigenvalue weighted by Crippen LogP contribution is -2.87. The van der Waals surface area contributed by atoms with E-state index in [1.54, 1.807) is 24.4 Å². The van der Waals surface area contributed by atoms with E-state index >= 15 is 0 Å². The summed E-state index contributed by atoms with van der Waals surface area (Å²) < 4.78 is 4.62. The third-order valence-electron chi connectivity index (χ3n) is 2.63. The first-order valence-electron chi connectivity index (χ1n) is 6.19. The first-order valence-corrected chi connectivity index (χ1v) is 6.94. The lowest BCUT2D eigenvalue weighted by molar-refractivity contribution is -0.682. The smallest absolute Gasteiger partial charge is 0.414 e. The second-order valence-corrected chi connectivity index (χ2v) is 5.01. The molecule has 0 aromatic heterocycles. The molecule has 1 aromatic rings. The van der Waals surface area contributed by atoms with E-state index in [0.29, 0.717) is 10.0 Å². The lowest BCUT2D eigenvalue weighted by atomic mass is 10.1. The highest BCUT2D eigenvalue weighted by atomic mass is 35.5. The van der Waals surface area contributed by atoms with Gasteiger partial charge >= 0.3 is 6.09 Å². The molecular weight excluding hydrogens is 303 g/mol. The second kappa shape index (κ2) is 8.09. The van der Waals surface area contributed by atoms with E-state index < -0.39 is 12.0 Å². The van der Waals surface area contributed by atoms with Gasteiger partial charge in [0.1, 0.15) is 6.04 Å². The van der Waals surface area contributed by atoms with E-state index in [0.717, 1.165) is 5.56 Å². The van der Waals surface area contributed by atoms with Crippen LogP contribution < -0.4 is 10.6 Å². The molecule has 3 N–H and O–H groups in total. The number of halogens is 2. The van der Waals surface area contributed by atoms with Crippen molar-refractivity contribution in [1.29, 1.82) is 0 Å². The maximum absolute atomic E-state index is 11.5. The predicted molar refractivity (Wildman–Crippen MR) is 76.8 cm³/mol. The topological polar surface area (TPSA) is 72.0 Å². The number of hydrogen-bond acceptors (Lipinski definition) is 3. The van der Waals surface area contributed by atoms with Gasteiger partial charge in [0.2, 0.25) is 0 Å². The molecule has 0 radical (unpaired) electrons. The number of rotatable bonds is 5. The van der Waals surface area contributed by atoms with Crippen molar-refractivity contribution in [3.8, 4) is 0 Å². The Morgan fingerprint density at radius 1 is 1.40 bits per heavy atom. The Balaban J connectivity index is 2.48. The standard InChI is InChI=1S/C13H16Cl2N2O3/c1-3-20-13(19)17-12(18)7-16-8(2)10-5-4-9(14)6-11(10)15/h4-6,8,16H,3,7H2,1-2H3,(H,17,18,19)/p+1/t8-/m0/s1. The number of ether oxygens (including phenoxy) is 1. The number of imide groups is 1. The highest BCUT2D eigenvalue weighted by molar-refractivity contribution is 6.35. The van der Waals surface area contributed by atoms with Gasteiger partial charge < -0.3 is 10.1 Å². The van der Waals surface area contributed by atoms with Crippen molar-refractivity contribution in [2.24, 2.45) is 0 Å². The van der Waals surface area contributed by atoms with E-state index in [9.17, 15) is 9.59 Å². The Bertz CT molecular complexity index is 495. The Hall–Kier alpha value is -1.30. The Morgan fingerprint density at radius 3 is 2.70 bits per heavy atom. The molecule has 2 amide bonds. The first-order chi connectivity index (χ1) is 9.43. The molecule has 0 aliphatic carbocycles. The van der Waals surface area contributed by atoms with E-state index in [1.807, 2.05) is 13.0 Å².